The summed E-state index contributed by atoms with van der Waals surface area (Å²) in [6, 6.07) is 25.8. The first-order chi connectivity index (χ1) is 18.6. The standard InChI is InChI=1S/C32H20F2N4/c33-19-9-13-29-27(15-19)23-5-1-3-7-25(23)31-35-21(17-37(29)31)11-12-22-18-38-30-14-10-20(34)16-28(30)24-6-2-4-8-26(24)32(38)36-22/h1-10,13-18H,11-12H2. The van der Waals surface area contributed by atoms with E-state index in [-0.39, 0.29) is 11.6 Å². The van der Waals surface area contributed by atoms with Crippen LogP contribution in [-0.2, 0) is 12.8 Å². The number of pyridine rings is 2. The molecule has 4 aromatic carbocycles. The van der Waals surface area contributed by atoms with Crippen LogP contribution < -0.4 is 0 Å². The van der Waals surface area contributed by atoms with Crippen molar-refractivity contribution in [2.45, 2.75) is 12.8 Å². The maximum atomic E-state index is 14.1. The maximum Gasteiger partial charge on any atom is 0.145 e. The number of benzene rings is 4. The molecule has 0 aliphatic rings. The van der Waals surface area contributed by atoms with Crippen LogP contribution in [0.5, 0.6) is 0 Å². The molecule has 0 unspecified atom stereocenters. The van der Waals surface area contributed by atoms with Gasteiger partial charge in [0.2, 0.25) is 0 Å². The lowest BCUT2D eigenvalue weighted by Crippen LogP contribution is -1.91. The zero-order chi connectivity index (χ0) is 25.4. The summed E-state index contributed by atoms with van der Waals surface area (Å²) in [5.74, 6) is -0.506. The summed E-state index contributed by atoms with van der Waals surface area (Å²) in [5, 5.41) is 5.70. The molecule has 0 bridgehead atoms. The summed E-state index contributed by atoms with van der Waals surface area (Å²) in [6.07, 6.45) is 5.50. The van der Waals surface area contributed by atoms with E-state index in [1.54, 1.807) is 12.1 Å². The minimum Gasteiger partial charge on any atom is -0.299 e. The van der Waals surface area contributed by atoms with Gasteiger partial charge in [-0.3, -0.25) is 8.80 Å². The summed E-state index contributed by atoms with van der Waals surface area (Å²) in [5.41, 5.74) is 5.47. The Hall–Kier alpha value is -4.84. The van der Waals surface area contributed by atoms with Crippen molar-refractivity contribution in [1.29, 1.82) is 0 Å². The van der Waals surface area contributed by atoms with Crippen LogP contribution in [0, 0.1) is 11.6 Å². The Kier molecular flexibility index (Phi) is 4.38. The van der Waals surface area contributed by atoms with Gasteiger partial charge in [0.25, 0.3) is 0 Å². The highest BCUT2D eigenvalue weighted by Gasteiger charge is 2.15. The molecule has 4 nitrogen and oxygen atoms in total. The van der Waals surface area contributed by atoms with Crippen molar-refractivity contribution in [3.8, 4) is 0 Å². The van der Waals surface area contributed by atoms with Gasteiger partial charge in [-0.05, 0) is 60.0 Å². The van der Waals surface area contributed by atoms with E-state index in [0.29, 0.717) is 12.8 Å². The molecule has 182 valence electrons. The van der Waals surface area contributed by atoms with Gasteiger partial charge in [0.1, 0.15) is 22.9 Å². The van der Waals surface area contributed by atoms with E-state index in [1.165, 1.54) is 12.1 Å². The Morgan fingerprint density at radius 2 is 0.921 bits per heavy atom. The molecule has 0 amide bonds. The Balaban J connectivity index is 1.25. The molecule has 0 radical (unpaired) electrons. The van der Waals surface area contributed by atoms with Gasteiger partial charge in [0.15, 0.2) is 0 Å². The second-order valence-corrected chi connectivity index (χ2v) is 9.77. The lowest BCUT2D eigenvalue weighted by atomic mass is 10.1. The van der Waals surface area contributed by atoms with E-state index in [4.69, 9.17) is 9.97 Å². The summed E-state index contributed by atoms with van der Waals surface area (Å²) < 4.78 is 32.4. The Bertz CT molecular complexity index is 2070. The van der Waals surface area contributed by atoms with Crippen molar-refractivity contribution in [2.75, 3.05) is 0 Å². The van der Waals surface area contributed by atoms with Crippen LogP contribution in [0.2, 0.25) is 0 Å². The molecular weight excluding hydrogens is 478 g/mol. The highest BCUT2D eigenvalue weighted by atomic mass is 19.1. The molecule has 8 aromatic rings. The number of aromatic nitrogens is 4. The topological polar surface area (TPSA) is 34.6 Å². The highest BCUT2D eigenvalue weighted by molar-refractivity contribution is 6.12. The first-order valence-electron chi connectivity index (χ1n) is 12.6. The molecular formula is C32H20F2N4. The summed E-state index contributed by atoms with van der Waals surface area (Å²) in [4.78, 5) is 9.97. The van der Waals surface area contributed by atoms with E-state index in [0.717, 1.165) is 66.0 Å². The first-order valence-corrected chi connectivity index (χ1v) is 12.6. The lowest BCUT2D eigenvalue weighted by Gasteiger charge is -2.07. The van der Waals surface area contributed by atoms with Crippen molar-refractivity contribution in [3.63, 3.8) is 0 Å². The number of nitrogens with zero attached hydrogens (tertiary/aromatic N) is 4. The van der Waals surface area contributed by atoms with Gasteiger partial charge in [-0.15, -0.1) is 0 Å². The fourth-order valence-electron chi connectivity index (χ4n) is 5.80. The summed E-state index contributed by atoms with van der Waals surface area (Å²) >= 11 is 0. The van der Waals surface area contributed by atoms with Gasteiger partial charge in [-0.25, -0.2) is 18.7 Å². The lowest BCUT2D eigenvalue weighted by molar-refractivity contribution is 0.629. The molecule has 0 saturated heterocycles. The number of hydrogen-bond donors (Lipinski definition) is 0. The Labute approximate surface area is 215 Å². The molecule has 0 saturated carbocycles. The van der Waals surface area contributed by atoms with Gasteiger partial charge < -0.3 is 0 Å². The SMILES string of the molecule is Fc1ccc2c(c1)c1ccccc1c1nc(CCc3cn4c5ccc(F)cc5c5ccccc5c4n3)cn21. The van der Waals surface area contributed by atoms with Crippen LogP contribution in [0.4, 0.5) is 8.78 Å². The van der Waals surface area contributed by atoms with E-state index < -0.39 is 0 Å². The van der Waals surface area contributed by atoms with Crippen molar-refractivity contribution in [3.05, 3.63) is 120 Å². The second kappa shape index (κ2) is 7.83. The molecule has 0 atom stereocenters. The van der Waals surface area contributed by atoms with Crippen molar-refractivity contribution in [1.82, 2.24) is 18.8 Å². The average Bonchev–Trinajstić information content (AvgIpc) is 3.57. The molecule has 8 rings (SSSR count). The number of halogens is 2. The monoisotopic (exact) mass is 498 g/mol. The van der Waals surface area contributed by atoms with E-state index in [1.807, 2.05) is 73.1 Å². The normalized spacial score (nSPS) is 12.2. The first kappa shape index (κ1) is 21.3. The molecule has 4 heterocycles. The highest BCUT2D eigenvalue weighted by Crippen LogP contribution is 2.32. The fraction of sp³-hybridized carbons (Fsp3) is 0.0625. The van der Waals surface area contributed by atoms with Crippen LogP contribution in [0.1, 0.15) is 11.4 Å². The average molecular weight is 499 g/mol. The minimum atomic E-state index is -0.253. The quantitative estimate of drug-likeness (QED) is 0.234. The van der Waals surface area contributed by atoms with Crippen molar-refractivity contribution < 1.29 is 8.78 Å². The third-order valence-corrected chi connectivity index (χ3v) is 7.50. The van der Waals surface area contributed by atoms with Gasteiger partial charge in [-0.1, -0.05) is 48.5 Å². The van der Waals surface area contributed by atoms with Gasteiger partial charge in [-0.2, -0.15) is 0 Å². The third kappa shape index (κ3) is 3.07. The summed E-state index contributed by atoms with van der Waals surface area (Å²) in [7, 11) is 0. The number of aryl methyl sites for hydroxylation is 2. The third-order valence-electron chi connectivity index (χ3n) is 7.50. The Morgan fingerprint density at radius 1 is 0.500 bits per heavy atom. The second-order valence-electron chi connectivity index (χ2n) is 9.77. The molecule has 6 heteroatoms. The zero-order valence-corrected chi connectivity index (χ0v) is 20.2. The van der Waals surface area contributed by atoms with Crippen LogP contribution in [0.15, 0.2) is 97.3 Å². The van der Waals surface area contributed by atoms with Crippen LogP contribution >= 0.6 is 0 Å². The smallest absolute Gasteiger partial charge is 0.145 e. The molecule has 4 aromatic heterocycles. The molecule has 0 aliphatic carbocycles. The van der Waals surface area contributed by atoms with Crippen LogP contribution in [0.25, 0.3) is 54.6 Å². The number of fused-ring (bicyclic) bond motifs is 12. The van der Waals surface area contributed by atoms with E-state index in [2.05, 4.69) is 8.80 Å². The van der Waals surface area contributed by atoms with E-state index in [9.17, 15) is 8.78 Å². The van der Waals surface area contributed by atoms with Crippen LogP contribution in [-0.4, -0.2) is 18.8 Å². The molecule has 38 heavy (non-hydrogen) atoms. The number of imidazole rings is 2. The molecule has 0 fully saturated rings. The van der Waals surface area contributed by atoms with Crippen molar-refractivity contribution >= 4 is 54.6 Å². The van der Waals surface area contributed by atoms with Gasteiger partial charge in [0.05, 0.1) is 22.4 Å². The number of rotatable bonds is 3. The van der Waals surface area contributed by atoms with Crippen molar-refractivity contribution in [2.24, 2.45) is 0 Å². The molecule has 0 N–H and O–H groups in total. The minimum absolute atomic E-state index is 0.253. The largest absolute Gasteiger partial charge is 0.299 e. The molecule has 0 spiro atoms. The van der Waals surface area contributed by atoms with Gasteiger partial charge >= 0.3 is 0 Å². The summed E-state index contributed by atoms with van der Waals surface area (Å²) in [6.45, 7) is 0. The maximum absolute atomic E-state index is 14.1. The predicted molar refractivity (Wildman–Crippen MR) is 148 cm³/mol. The zero-order valence-electron chi connectivity index (χ0n) is 20.2. The fourth-order valence-corrected chi connectivity index (χ4v) is 5.80. The number of hydrogen-bond acceptors (Lipinski definition) is 2. The molecule has 0 aliphatic heterocycles. The predicted octanol–water partition coefficient (Wildman–Crippen LogP) is 7.66. The Morgan fingerprint density at radius 3 is 1.37 bits per heavy atom. The van der Waals surface area contributed by atoms with Gasteiger partial charge in [0, 0.05) is 33.9 Å². The van der Waals surface area contributed by atoms with Crippen LogP contribution in [0.3, 0.4) is 0 Å². The van der Waals surface area contributed by atoms with E-state index >= 15 is 0 Å².